The number of carbonyl (C=O) groups excluding carboxylic acids is 1. The highest BCUT2D eigenvalue weighted by molar-refractivity contribution is 7.89. The molecule has 42 heavy (non-hydrogen) atoms. The van der Waals surface area contributed by atoms with Crippen LogP contribution >= 0.6 is 0 Å². The van der Waals surface area contributed by atoms with E-state index in [0.717, 1.165) is 42.1 Å². The molecule has 1 amide bonds. The van der Waals surface area contributed by atoms with Crippen molar-refractivity contribution >= 4 is 27.5 Å². The first-order valence-corrected chi connectivity index (χ1v) is 15.8. The molecule has 4 aliphatic rings. The van der Waals surface area contributed by atoms with E-state index in [2.05, 4.69) is 21.7 Å². The summed E-state index contributed by atoms with van der Waals surface area (Å²) in [7, 11) is -4.19. The Balaban J connectivity index is 1.21. The zero-order valence-corrected chi connectivity index (χ0v) is 23.9. The lowest BCUT2D eigenvalue weighted by molar-refractivity contribution is -0.145. The minimum atomic E-state index is -4.19. The molecule has 228 valence electrons. The topological polar surface area (TPSA) is 160 Å². The lowest BCUT2D eigenvalue weighted by Crippen LogP contribution is -2.51. The second-order valence-corrected chi connectivity index (χ2v) is 12.9. The number of fused-ring (bicyclic) bond motifs is 2. The molecule has 2 aromatic carbocycles. The average Bonchev–Trinajstić information content (AvgIpc) is 3.79. The highest BCUT2D eigenvalue weighted by Gasteiger charge is 2.44. The van der Waals surface area contributed by atoms with Gasteiger partial charge in [0.2, 0.25) is 0 Å². The highest BCUT2D eigenvalue weighted by atomic mass is 32.2. The van der Waals surface area contributed by atoms with Gasteiger partial charge in [-0.3, -0.25) is 4.84 Å². The number of hydrogen-bond acceptors (Lipinski definition) is 11. The Morgan fingerprint density at radius 1 is 1.07 bits per heavy atom. The molecule has 14 heteroatoms. The summed E-state index contributed by atoms with van der Waals surface area (Å²) in [4.78, 5) is 19.1. The third-order valence-electron chi connectivity index (χ3n) is 8.17. The van der Waals surface area contributed by atoms with Crippen LogP contribution in [0.4, 0.5) is 16.2 Å². The maximum atomic E-state index is 13.9. The van der Waals surface area contributed by atoms with Crippen molar-refractivity contribution in [3.05, 3.63) is 54.1 Å². The van der Waals surface area contributed by atoms with E-state index in [1.807, 2.05) is 30.3 Å². The van der Waals surface area contributed by atoms with Gasteiger partial charge >= 0.3 is 6.09 Å². The van der Waals surface area contributed by atoms with E-state index in [4.69, 9.17) is 19.0 Å². The monoisotopic (exact) mass is 603 g/mol. The zero-order valence-electron chi connectivity index (χ0n) is 23.1. The first kappa shape index (κ1) is 29.1. The number of benzene rings is 2. The fourth-order valence-corrected chi connectivity index (χ4v) is 7.17. The number of hydrazine groups is 2. The number of carbonyl (C=O) groups is 1. The Labute approximate surface area is 244 Å². The van der Waals surface area contributed by atoms with E-state index < -0.39 is 40.9 Å². The lowest BCUT2D eigenvalue weighted by Gasteiger charge is -2.31. The molecule has 2 saturated heterocycles. The number of alkyl carbamates (subject to hydrolysis) is 1. The SMILES string of the molecule is O=C(N[C@@H](Cc1ccccc1)[C@H](O)CN(OC1CCCC1)S(=O)(=O)c1ccc2c(c1)NNN2)OC1CO[C@H]2OCC[C@@H]12. The van der Waals surface area contributed by atoms with Gasteiger partial charge in [0.1, 0.15) is 6.10 Å². The van der Waals surface area contributed by atoms with Crippen LogP contribution in [0, 0.1) is 5.92 Å². The molecule has 2 aromatic rings. The van der Waals surface area contributed by atoms with Crippen LogP contribution in [0.25, 0.3) is 0 Å². The largest absolute Gasteiger partial charge is 0.443 e. The molecule has 0 radical (unpaired) electrons. The molecule has 3 fully saturated rings. The van der Waals surface area contributed by atoms with Gasteiger partial charge in [0.25, 0.3) is 10.0 Å². The Bertz CT molecular complexity index is 1340. The van der Waals surface area contributed by atoms with Gasteiger partial charge in [0, 0.05) is 0 Å². The van der Waals surface area contributed by atoms with Crippen LogP contribution < -0.4 is 21.7 Å². The van der Waals surface area contributed by atoms with Crippen molar-refractivity contribution in [2.75, 3.05) is 30.6 Å². The Morgan fingerprint density at radius 3 is 2.67 bits per heavy atom. The van der Waals surface area contributed by atoms with E-state index >= 15 is 0 Å². The smallest absolute Gasteiger partial charge is 0.407 e. The fourth-order valence-electron chi connectivity index (χ4n) is 5.84. The summed E-state index contributed by atoms with van der Waals surface area (Å²) in [5.74, 6) is -0.0408. The summed E-state index contributed by atoms with van der Waals surface area (Å²) in [6.07, 6.45) is 1.10. The number of rotatable bonds is 11. The molecule has 6 rings (SSSR count). The van der Waals surface area contributed by atoms with E-state index in [1.54, 1.807) is 6.07 Å². The van der Waals surface area contributed by atoms with Crippen LogP contribution in [-0.4, -0.2) is 74.5 Å². The number of aliphatic hydroxyl groups is 1. The molecule has 3 heterocycles. The number of nitrogens with zero attached hydrogens (tertiary/aromatic N) is 1. The van der Waals surface area contributed by atoms with E-state index in [-0.39, 0.29) is 36.2 Å². The van der Waals surface area contributed by atoms with Crippen LogP contribution in [-0.2, 0) is 35.5 Å². The summed E-state index contributed by atoms with van der Waals surface area (Å²) >= 11 is 0. The van der Waals surface area contributed by atoms with Gasteiger partial charge in [-0.25, -0.2) is 13.2 Å². The predicted octanol–water partition coefficient (Wildman–Crippen LogP) is 2.27. The van der Waals surface area contributed by atoms with Gasteiger partial charge in [-0.1, -0.05) is 47.6 Å². The third-order valence-corrected chi connectivity index (χ3v) is 9.79. The molecule has 5 N–H and O–H groups in total. The van der Waals surface area contributed by atoms with Gasteiger partial charge in [0.15, 0.2) is 6.29 Å². The summed E-state index contributed by atoms with van der Waals surface area (Å²) in [6.45, 7) is 0.379. The van der Waals surface area contributed by atoms with Gasteiger partial charge in [-0.15, -0.1) is 5.53 Å². The second-order valence-electron chi connectivity index (χ2n) is 11.1. The molecular formula is C28H37N5O8S. The summed E-state index contributed by atoms with van der Waals surface area (Å²) in [5, 5.41) is 14.3. The minimum Gasteiger partial charge on any atom is -0.443 e. The third kappa shape index (κ3) is 6.49. The lowest BCUT2D eigenvalue weighted by atomic mass is 10.0. The van der Waals surface area contributed by atoms with Crippen LogP contribution in [0.3, 0.4) is 0 Å². The maximum Gasteiger partial charge on any atom is 0.407 e. The number of sulfonamides is 1. The zero-order chi connectivity index (χ0) is 29.1. The highest BCUT2D eigenvalue weighted by Crippen LogP contribution is 2.33. The molecule has 1 saturated carbocycles. The van der Waals surface area contributed by atoms with Gasteiger partial charge in [-0.05, 0) is 49.4 Å². The standard InChI is InChI=1S/C28H37N5O8S/c34-25(16-33(41-19-8-4-5-9-19)42(36,37)20-10-11-22-23(15-20)31-32-30-22)24(14-18-6-2-1-3-7-18)29-28(35)40-26-17-39-27-21(26)12-13-38-27/h1-3,6-7,10-11,15,19,21,24-27,30-32,34H,4-5,8-9,12-14,16-17H2,(H,29,35)/t21-,24-,25+,26?,27+/m0/s1. The van der Waals surface area contributed by atoms with Crippen molar-refractivity contribution in [1.82, 2.24) is 15.3 Å². The van der Waals surface area contributed by atoms with E-state index in [0.29, 0.717) is 18.0 Å². The van der Waals surface area contributed by atoms with Gasteiger partial charge < -0.3 is 35.5 Å². The first-order chi connectivity index (χ1) is 20.4. The molecule has 0 bridgehead atoms. The van der Waals surface area contributed by atoms with Crippen LogP contribution in [0.2, 0.25) is 0 Å². The van der Waals surface area contributed by atoms with Crippen LogP contribution in [0.15, 0.2) is 53.4 Å². The number of aliphatic hydroxyl groups excluding tert-OH is 1. The second kappa shape index (κ2) is 12.7. The maximum absolute atomic E-state index is 13.9. The quantitative estimate of drug-likeness (QED) is 0.240. The molecule has 1 aliphatic carbocycles. The molecule has 1 unspecified atom stereocenters. The number of hydroxylamine groups is 1. The Morgan fingerprint density at radius 2 is 1.86 bits per heavy atom. The molecule has 13 nitrogen and oxygen atoms in total. The first-order valence-electron chi connectivity index (χ1n) is 14.4. The Kier molecular flexibility index (Phi) is 8.81. The summed E-state index contributed by atoms with van der Waals surface area (Å²) < 4.78 is 45.4. The van der Waals surface area contributed by atoms with Crippen molar-refractivity contribution in [3.63, 3.8) is 0 Å². The van der Waals surface area contributed by atoms with Crippen molar-refractivity contribution in [2.24, 2.45) is 5.92 Å². The molecule has 3 aliphatic heterocycles. The summed E-state index contributed by atoms with van der Waals surface area (Å²) in [6, 6.07) is 13.1. The predicted molar refractivity (Wildman–Crippen MR) is 151 cm³/mol. The number of hydrogen-bond donors (Lipinski definition) is 5. The van der Waals surface area contributed by atoms with Crippen LogP contribution in [0.5, 0.6) is 0 Å². The van der Waals surface area contributed by atoms with Crippen LogP contribution in [0.1, 0.15) is 37.7 Å². The Hall–Kier alpha value is -2.98. The van der Waals surface area contributed by atoms with Crippen molar-refractivity contribution < 1.29 is 37.4 Å². The van der Waals surface area contributed by atoms with E-state index in [1.165, 1.54) is 12.1 Å². The fraction of sp³-hybridized carbons (Fsp3) is 0.536. The normalized spacial score (nSPS) is 25.0. The summed E-state index contributed by atoms with van der Waals surface area (Å²) in [5.41, 5.74) is 10.6. The number of amides is 1. The number of ether oxygens (including phenoxy) is 3. The van der Waals surface area contributed by atoms with Crippen molar-refractivity contribution in [2.45, 2.75) is 74.1 Å². The van der Waals surface area contributed by atoms with Crippen molar-refractivity contribution in [3.8, 4) is 0 Å². The molecule has 5 atom stereocenters. The average molecular weight is 604 g/mol. The molecule has 0 aromatic heterocycles. The molecule has 0 spiro atoms. The molecular weight excluding hydrogens is 566 g/mol. The van der Waals surface area contributed by atoms with Crippen molar-refractivity contribution in [1.29, 1.82) is 0 Å². The minimum absolute atomic E-state index is 0.00555. The number of anilines is 2. The number of nitrogens with one attached hydrogen (secondary N) is 4. The van der Waals surface area contributed by atoms with Gasteiger partial charge in [-0.2, -0.15) is 0 Å². The van der Waals surface area contributed by atoms with E-state index in [9.17, 15) is 18.3 Å². The van der Waals surface area contributed by atoms with Gasteiger partial charge in [0.05, 0.1) is 60.2 Å².